The highest BCUT2D eigenvalue weighted by atomic mass is 32.2. The lowest BCUT2D eigenvalue weighted by Crippen LogP contribution is -2.18. The topological polar surface area (TPSA) is 92.1 Å². The molecule has 0 aliphatic heterocycles. The van der Waals surface area contributed by atoms with Gasteiger partial charge in [0.25, 0.3) is 10.0 Å². The molecular weight excluding hydrogens is 254 g/mol. The quantitative estimate of drug-likeness (QED) is 0.358. The first-order valence-electron chi connectivity index (χ1n) is 5.20. The molecule has 0 radical (unpaired) electrons. The fraction of sp³-hybridized carbons (Fsp3) is 0.273. The zero-order valence-electron chi connectivity index (χ0n) is 10.1. The Hall–Kier alpha value is -1.98. The molecule has 1 aromatic carbocycles. The molecule has 0 spiro atoms. The molecule has 0 N–H and O–H groups in total. The van der Waals surface area contributed by atoms with Gasteiger partial charge < -0.3 is 10.3 Å². The molecule has 0 heterocycles. The second-order valence-corrected chi connectivity index (χ2v) is 4.89. The van der Waals surface area contributed by atoms with E-state index in [1.54, 1.807) is 25.1 Å². The van der Waals surface area contributed by atoms with Crippen LogP contribution in [0.3, 0.4) is 0 Å². The van der Waals surface area contributed by atoms with Gasteiger partial charge in [-0.1, -0.05) is 25.1 Å². The fourth-order valence-corrected chi connectivity index (χ4v) is 2.23. The predicted molar refractivity (Wildman–Crippen MR) is 67.0 cm³/mol. The molecule has 0 aliphatic rings. The number of ether oxygens (including phenoxy) is 1. The summed E-state index contributed by atoms with van der Waals surface area (Å²) in [6, 6.07) is 7.74. The average Bonchev–Trinajstić information content (AvgIpc) is 2.39. The molecule has 6 nitrogen and oxygen atoms in total. The highest BCUT2D eigenvalue weighted by molar-refractivity contribution is 7.90. The Morgan fingerprint density at radius 1 is 1.39 bits per heavy atom. The summed E-state index contributed by atoms with van der Waals surface area (Å²) in [6.07, 6.45) is 0.299. The molecule has 0 aromatic heterocycles. The van der Waals surface area contributed by atoms with Crippen LogP contribution in [0.5, 0.6) is 0 Å². The van der Waals surface area contributed by atoms with Gasteiger partial charge in [-0.3, -0.25) is 0 Å². The van der Waals surface area contributed by atoms with E-state index in [0.29, 0.717) is 6.42 Å². The third kappa shape index (κ3) is 3.26. The minimum absolute atomic E-state index is 0.0490. The van der Waals surface area contributed by atoms with Crippen molar-refractivity contribution < 1.29 is 17.9 Å². The minimum Gasteiger partial charge on any atom is -0.475 e. The first-order chi connectivity index (χ1) is 8.55. The number of nitrogens with zero attached hydrogens (tertiary/aromatic N) is 3. The lowest BCUT2D eigenvalue weighted by atomic mass is 10.3. The van der Waals surface area contributed by atoms with E-state index in [4.69, 9.17) is 10.3 Å². The highest BCUT2D eigenvalue weighted by Crippen LogP contribution is 2.11. The van der Waals surface area contributed by atoms with Gasteiger partial charge >= 0.3 is 11.6 Å². The molecule has 0 fully saturated rings. The van der Waals surface area contributed by atoms with Crippen LogP contribution in [0, 0.1) is 0 Å². The number of hydrogen-bond donors (Lipinski definition) is 0. The van der Waals surface area contributed by atoms with Crippen molar-refractivity contribution in [3.8, 4) is 0 Å². The van der Waals surface area contributed by atoms with E-state index in [1.165, 1.54) is 19.2 Å². The van der Waals surface area contributed by atoms with E-state index in [1.807, 2.05) is 0 Å². The normalized spacial score (nSPS) is 11.8. The summed E-state index contributed by atoms with van der Waals surface area (Å²) in [7, 11) is -2.60. The van der Waals surface area contributed by atoms with Gasteiger partial charge in [0.1, 0.15) is 0 Å². The molecule has 1 rings (SSSR count). The van der Waals surface area contributed by atoms with Crippen LogP contribution in [-0.4, -0.2) is 31.9 Å². The summed E-state index contributed by atoms with van der Waals surface area (Å²) in [5.41, 5.74) is 8.79. The van der Waals surface area contributed by atoms with Crippen LogP contribution in [0.2, 0.25) is 0 Å². The van der Waals surface area contributed by atoms with Crippen LogP contribution in [-0.2, 0) is 14.8 Å². The summed E-state index contributed by atoms with van der Waals surface area (Å²) < 4.78 is 32.2. The number of benzene rings is 1. The number of hydrogen-bond acceptors (Lipinski definition) is 3. The maximum atomic E-state index is 11.9. The fourth-order valence-electron chi connectivity index (χ4n) is 1.23. The van der Waals surface area contributed by atoms with E-state index >= 15 is 0 Å². The van der Waals surface area contributed by atoms with Gasteiger partial charge in [-0.2, -0.15) is 13.2 Å². The monoisotopic (exact) mass is 267 g/mol. The van der Waals surface area contributed by atoms with Crippen molar-refractivity contribution in [1.82, 2.24) is 0 Å². The van der Waals surface area contributed by atoms with Crippen molar-refractivity contribution in [2.45, 2.75) is 18.2 Å². The van der Waals surface area contributed by atoms with E-state index in [9.17, 15) is 8.42 Å². The smallest absolute Gasteiger partial charge is 0.353 e. The Labute approximate surface area is 106 Å². The molecule has 0 bridgehead atoms. The molecule has 0 amide bonds. The molecule has 0 unspecified atom stereocenters. The Bertz CT molecular complexity index is 587. The lowest BCUT2D eigenvalue weighted by molar-refractivity contribution is -0.00579. The first kappa shape index (κ1) is 14.1. The minimum atomic E-state index is -3.87. The van der Waals surface area contributed by atoms with Crippen LogP contribution in [0.1, 0.15) is 13.3 Å². The van der Waals surface area contributed by atoms with Crippen molar-refractivity contribution >= 4 is 21.6 Å². The predicted octanol–water partition coefficient (Wildman–Crippen LogP) is 1.50. The van der Waals surface area contributed by atoms with Gasteiger partial charge in [0, 0.05) is 0 Å². The number of rotatable bonds is 4. The SMILES string of the molecule is CCC(=[N+]=[N-])/C(=N/S(=O)(=O)c1ccccc1)OC. The zero-order valence-corrected chi connectivity index (χ0v) is 10.9. The van der Waals surface area contributed by atoms with Crippen LogP contribution in [0.15, 0.2) is 39.6 Å². The summed E-state index contributed by atoms with van der Waals surface area (Å²) in [5, 5.41) is 0. The van der Waals surface area contributed by atoms with Crippen LogP contribution in [0.25, 0.3) is 5.53 Å². The van der Waals surface area contributed by atoms with Gasteiger partial charge in [0.15, 0.2) is 0 Å². The third-order valence-electron chi connectivity index (χ3n) is 2.14. The van der Waals surface area contributed by atoms with E-state index in [-0.39, 0.29) is 16.5 Å². The average molecular weight is 267 g/mol. The third-order valence-corrected chi connectivity index (χ3v) is 3.41. The number of methoxy groups -OCH3 is 1. The van der Waals surface area contributed by atoms with Crippen LogP contribution < -0.4 is 0 Å². The van der Waals surface area contributed by atoms with E-state index in [0.717, 1.165) is 0 Å². The summed E-state index contributed by atoms with van der Waals surface area (Å²) in [5.74, 6) is -0.219. The maximum absolute atomic E-state index is 11.9. The number of sulfonamides is 1. The summed E-state index contributed by atoms with van der Waals surface area (Å²) in [6.45, 7) is 1.69. The standard InChI is InChI=1S/C11H13N3O3S/c1-3-10(13-12)11(17-2)14-18(15,16)9-7-5-4-6-8-9/h4-8H,3H2,1-2H3/b14-11-. The van der Waals surface area contributed by atoms with Crippen LogP contribution >= 0.6 is 0 Å². The van der Waals surface area contributed by atoms with Gasteiger partial charge in [0.2, 0.25) is 0 Å². The summed E-state index contributed by atoms with van der Waals surface area (Å²) in [4.78, 5) is 3.00. The van der Waals surface area contributed by atoms with E-state index in [2.05, 4.69) is 9.19 Å². The summed E-state index contributed by atoms with van der Waals surface area (Å²) >= 11 is 0. The highest BCUT2D eigenvalue weighted by Gasteiger charge is 2.21. The Balaban J connectivity index is 3.26. The maximum Gasteiger partial charge on any atom is 0.353 e. The molecule has 0 saturated heterocycles. The zero-order chi connectivity index (χ0) is 13.6. The Morgan fingerprint density at radius 3 is 2.44 bits per heavy atom. The second kappa shape index (κ2) is 6.09. The molecule has 0 atom stereocenters. The second-order valence-electron chi connectivity index (χ2n) is 3.29. The van der Waals surface area contributed by atoms with Crippen molar-refractivity contribution in [3.63, 3.8) is 0 Å². The van der Waals surface area contributed by atoms with Crippen LogP contribution in [0.4, 0.5) is 0 Å². The lowest BCUT2D eigenvalue weighted by Gasteiger charge is -2.01. The Kier molecular flexibility index (Phi) is 4.76. The molecule has 7 heteroatoms. The van der Waals surface area contributed by atoms with Crippen molar-refractivity contribution in [2.24, 2.45) is 4.40 Å². The Morgan fingerprint density at radius 2 is 2.00 bits per heavy atom. The molecular formula is C11H13N3O3S. The van der Waals surface area contributed by atoms with Gasteiger partial charge in [-0.25, -0.2) is 0 Å². The van der Waals surface area contributed by atoms with Gasteiger partial charge in [0.05, 0.1) is 18.4 Å². The first-order valence-corrected chi connectivity index (χ1v) is 6.64. The molecule has 18 heavy (non-hydrogen) atoms. The molecule has 1 aromatic rings. The molecule has 96 valence electrons. The largest absolute Gasteiger partial charge is 0.475 e. The van der Waals surface area contributed by atoms with Gasteiger partial charge in [-0.05, 0) is 12.1 Å². The van der Waals surface area contributed by atoms with Crippen molar-refractivity contribution in [1.29, 1.82) is 0 Å². The van der Waals surface area contributed by atoms with E-state index < -0.39 is 10.0 Å². The molecule has 0 aliphatic carbocycles. The van der Waals surface area contributed by atoms with Crippen molar-refractivity contribution in [3.05, 3.63) is 35.9 Å². The molecule has 0 saturated carbocycles. The van der Waals surface area contributed by atoms with Gasteiger partial charge in [-0.15, -0.1) is 4.40 Å². The van der Waals surface area contributed by atoms with Crippen molar-refractivity contribution in [2.75, 3.05) is 7.11 Å².